The van der Waals surface area contributed by atoms with Crippen LogP contribution in [-0.4, -0.2) is 36.0 Å². The molecule has 0 aliphatic carbocycles. The third kappa shape index (κ3) is 4.16. The van der Waals surface area contributed by atoms with E-state index in [0.717, 1.165) is 27.2 Å². The molecule has 2 aromatic carbocycles. The first-order chi connectivity index (χ1) is 13.3. The van der Waals surface area contributed by atoms with E-state index < -0.39 is 10.0 Å². The van der Waals surface area contributed by atoms with E-state index in [1.165, 1.54) is 12.1 Å². The molecule has 0 radical (unpaired) electrons. The Balaban J connectivity index is 2.01. The van der Waals surface area contributed by atoms with Gasteiger partial charge in [0.15, 0.2) is 0 Å². The van der Waals surface area contributed by atoms with Gasteiger partial charge in [-0.2, -0.15) is 4.31 Å². The molecule has 148 valence electrons. The number of aryl methyl sites for hydroxylation is 2. The number of aromatic amines is 1. The topological polar surface area (TPSA) is 90.5 Å². The van der Waals surface area contributed by atoms with Gasteiger partial charge in [0, 0.05) is 24.2 Å². The number of aromatic nitrogens is 1. The van der Waals surface area contributed by atoms with E-state index in [4.69, 9.17) is 0 Å². The number of pyridine rings is 1. The lowest BCUT2D eigenvalue weighted by molar-refractivity contribution is 0.251. The molecule has 28 heavy (non-hydrogen) atoms. The number of sulfonamides is 1. The van der Waals surface area contributed by atoms with Crippen LogP contribution in [0.5, 0.6) is 0 Å². The molecule has 0 bridgehead atoms. The first kappa shape index (κ1) is 20.3. The van der Waals surface area contributed by atoms with Crippen molar-refractivity contribution in [2.45, 2.75) is 31.7 Å². The predicted octanol–water partition coefficient (Wildman–Crippen LogP) is 2.58. The number of nitrogens with zero attached hydrogens (tertiary/aromatic N) is 1. The molecule has 0 unspecified atom stereocenters. The van der Waals surface area contributed by atoms with Gasteiger partial charge in [0.05, 0.1) is 11.5 Å². The SMILES string of the molecule is CCc1ccc2[nH]c(=O)c(CN(CCO)S(=O)(=O)c3ccc(C)cc3)cc2c1. The van der Waals surface area contributed by atoms with E-state index in [-0.39, 0.29) is 30.2 Å². The average Bonchev–Trinajstić information content (AvgIpc) is 2.68. The zero-order valence-electron chi connectivity index (χ0n) is 16.0. The Morgan fingerprint density at radius 1 is 1.07 bits per heavy atom. The highest BCUT2D eigenvalue weighted by Crippen LogP contribution is 2.20. The van der Waals surface area contributed by atoms with Gasteiger partial charge >= 0.3 is 0 Å². The number of rotatable bonds is 7. The Labute approximate surface area is 164 Å². The summed E-state index contributed by atoms with van der Waals surface area (Å²) >= 11 is 0. The van der Waals surface area contributed by atoms with E-state index in [1.807, 2.05) is 32.0 Å². The van der Waals surface area contributed by atoms with Crippen LogP contribution in [-0.2, 0) is 23.0 Å². The maximum Gasteiger partial charge on any atom is 0.252 e. The van der Waals surface area contributed by atoms with Crippen LogP contribution in [0, 0.1) is 6.92 Å². The number of aliphatic hydroxyl groups excluding tert-OH is 1. The second-order valence-electron chi connectivity index (χ2n) is 6.77. The summed E-state index contributed by atoms with van der Waals surface area (Å²) in [5.74, 6) is 0. The van der Waals surface area contributed by atoms with Crippen molar-refractivity contribution in [3.63, 3.8) is 0 Å². The number of hydrogen-bond acceptors (Lipinski definition) is 4. The summed E-state index contributed by atoms with van der Waals surface area (Å²) in [6.07, 6.45) is 0.864. The van der Waals surface area contributed by atoms with Gasteiger partial charge in [0.2, 0.25) is 10.0 Å². The van der Waals surface area contributed by atoms with Crippen molar-refractivity contribution in [1.82, 2.24) is 9.29 Å². The number of H-pyrrole nitrogens is 1. The van der Waals surface area contributed by atoms with Gasteiger partial charge in [-0.25, -0.2) is 8.42 Å². The third-order valence-corrected chi connectivity index (χ3v) is 6.61. The van der Waals surface area contributed by atoms with Gasteiger partial charge in [-0.3, -0.25) is 4.79 Å². The molecule has 2 N–H and O–H groups in total. The molecule has 0 saturated carbocycles. The molecular formula is C21H24N2O4S. The minimum atomic E-state index is -3.84. The number of benzene rings is 2. The Morgan fingerprint density at radius 3 is 2.43 bits per heavy atom. The highest BCUT2D eigenvalue weighted by atomic mass is 32.2. The lowest BCUT2D eigenvalue weighted by Crippen LogP contribution is -2.35. The number of hydrogen-bond donors (Lipinski definition) is 2. The predicted molar refractivity (Wildman–Crippen MR) is 110 cm³/mol. The summed E-state index contributed by atoms with van der Waals surface area (Å²) in [4.78, 5) is 15.4. The average molecular weight is 401 g/mol. The molecule has 0 aliphatic rings. The molecule has 3 rings (SSSR count). The minimum Gasteiger partial charge on any atom is -0.395 e. The molecule has 0 fully saturated rings. The second kappa shape index (κ2) is 8.26. The largest absolute Gasteiger partial charge is 0.395 e. The van der Waals surface area contributed by atoms with Crippen molar-refractivity contribution in [2.75, 3.05) is 13.2 Å². The fourth-order valence-electron chi connectivity index (χ4n) is 3.08. The summed E-state index contributed by atoms with van der Waals surface area (Å²) in [6, 6.07) is 14.0. The highest BCUT2D eigenvalue weighted by Gasteiger charge is 2.25. The van der Waals surface area contributed by atoms with E-state index in [1.54, 1.807) is 18.2 Å². The summed E-state index contributed by atoms with van der Waals surface area (Å²) in [5, 5.41) is 10.2. The van der Waals surface area contributed by atoms with Crippen molar-refractivity contribution in [3.8, 4) is 0 Å². The maximum absolute atomic E-state index is 13.0. The normalized spacial score (nSPS) is 12.0. The van der Waals surface area contributed by atoms with Crippen LogP contribution in [0.4, 0.5) is 0 Å². The number of fused-ring (bicyclic) bond motifs is 1. The summed E-state index contributed by atoms with van der Waals surface area (Å²) in [6.45, 7) is 3.38. The van der Waals surface area contributed by atoms with E-state index in [0.29, 0.717) is 11.1 Å². The van der Waals surface area contributed by atoms with Crippen LogP contribution < -0.4 is 5.56 Å². The van der Waals surface area contributed by atoms with Crippen LogP contribution in [0.2, 0.25) is 0 Å². The van der Waals surface area contributed by atoms with Crippen molar-refractivity contribution < 1.29 is 13.5 Å². The summed E-state index contributed by atoms with van der Waals surface area (Å²) < 4.78 is 27.2. The van der Waals surface area contributed by atoms with Crippen LogP contribution in [0.1, 0.15) is 23.6 Å². The highest BCUT2D eigenvalue weighted by molar-refractivity contribution is 7.89. The molecule has 1 aromatic heterocycles. The third-order valence-electron chi connectivity index (χ3n) is 4.75. The lowest BCUT2D eigenvalue weighted by atomic mass is 10.1. The fraction of sp³-hybridized carbons (Fsp3) is 0.286. The summed E-state index contributed by atoms with van der Waals surface area (Å²) in [5.41, 5.74) is 2.79. The zero-order valence-corrected chi connectivity index (χ0v) is 16.8. The maximum atomic E-state index is 13.0. The fourth-order valence-corrected chi connectivity index (χ4v) is 4.49. The van der Waals surface area contributed by atoms with Crippen molar-refractivity contribution in [2.24, 2.45) is 0 Å². The Bertz CT molecular complexity index is 1140. The summed E-state index contributed by atoms with van der Waals surface area (Å²) in [7, 11) is -3.84. The molecule has 6 nitrogen and oxygen atoms in total. The Kier molecular flexibility index (Phi) is 5.98. The molecule has 0 saturated heterocycles. The smallest absolute Gasteiger partial charge is 0.252 e. The van der Waals surface area contributed by atoms with E-state index >= 15 is 0 Å². The van der Waals surface area contributed by atoms with Crippen molar-refractivity contribution in [1.29, 1.82) is 0 Å². The van der Waals surface area contributed by atoms with Crippen LogP contribution in [0.25, 0.3) is 10.9 Å². The zero-order chi connectivity index (χ0) is 20.3. The molecular weight excluding hydrogens is 376 g/mol. The monoisotopic (exact) mass is 400 g/mol. The molecule has 0 aliphatic heterocycles. The standard InChI is InChI=1S/C21H24N2O4S/c1-3-16-6-9-20-17(12-16)13-18(21(25)22-20)14-23(10-11-24)28(26,27)19-7-4-15(2)5-8-19/h4-9,12-13,24H,3,10-11,14H2,1-2H3,(H,22,25). The van der Waals surface area contributed by atoms with E-state index in [2.05, 4.69) is 4.98 Å². The quantitative estimate of drug-likeness (QED) is 0.638. The van der Waals surface area contributed by atoms with Gasteiger partial charge in [-0.15, -0.1) is 0 Å². The van der Waals surface area contributed by atoms with Crippen LogP contribution >= 0.6 is 0 Å². The van der Waals surface area contributed by atoms with Crippen molar-refractivity contribution in [3.05, 3.63) is 75.6 Å². The van der Waals surface area contributed by atoms with Gasteiger partial charge in [-0.1, -0.05) is 30.7 Å². The van der Waals surface area contributed by atoms with E-state index in [9.17, 15) is 18.3 Å². The first-order valence-electron chi connectivity index (χ1n) is 9.17. The van der Waals surface area contributed by atoms with Crippen molar-refractivity contribution >= 4 is 20.9 Å². The molecule has 1 heterocycles. The van der Waals surface area contributed by atoms with Gasteiger partial charge in [0.25, 0.3) is 5.56 Å². The number of nitrogens with one attached hydrogen (secondary N) is 1. The van der Waals surface area contributed by atoms with Gasteiger partial charge < -0.3 is 10.1 Å². The minimum absolute atomic E-state index is 0.0946. The molecule has 7 heteroatoms. The molecule has 0 atom stereocenters. The molecule has 0 amide bonds. The Hall–Kier alpha value is -2.48. The van der Waals surface area contributed by atoms with Gasteiger partial charge in [-0.05, 0) is 54.6 Å². The van der Waals surface area contributed by atoms with Crippen LogP contribution in [0.3, 0.4) is 0 Å². The number of aliphatic hydroxyl groups is 1. The second-order valence-corrected chi connectivity index (χ2v) is 8.71. The Morgan fingerprint density at radius 2 is 1.79 bits per heavy atom. The van der Waals surface area contributed by atoms with Gasteiger partial charge in [0.1, 0.15) is 0 Å². The van der Waals surface area contributed by atoms with Crippen LogP contribution in [0.15, 0.2) is 58.2 Å². The lowest BCUT2D eigenvalue weighted by Gasteiger charge is -2.21. The first-order valence-corrected chi connectivity index (χ1v) is 10.6. The molecule has 3 aromatic rings. The molecule has 0 spiro atoms.